The van der Waals surface area contributed by atoms with Crippen molar-refractivity contribution in [2.24, 2.45) is 15.9 Å². The molecule has 1 heterocycles. The number of urea groups is 1. The normalized spacial score (nSPS) is 12.3. The third kappa shape index (κ3) is 8.24. The van der Waals surface area contributed by atoms with Crippen molar-refractivity contribution in [1.29, 1.82) is 0 Å². The molecule has 222 valence electrons. The van der Waals surface area contributed by atoms with Crippen LogP contribution in [0.1, 0.15) is 36.8 Å². The number of amides is 3. The zero-order chi connectivity index (χ0) is 31.0. The molecule has 0 radical (unpaired) electrons. The number of benzene rings is 3. The fourth-order valence-electron chi connectivity index (χ4n) is 4.28. The monoisotopic (exact) mass is 600 g/mol. The minimum Gasteiger partial charge on any atom is -0.438 e. The molecule has 0 aliphatic rings. The molecule has 4 aromatic rings. The maximum absolute atomic E-state index is 13.1. The number of nitrogens with two attached hydrogens (primary N) is 2. The lowest BCUT2D eigenvalue weighted by molar-refractivity contribution is 0.115. The Labute approximate surface area is 250 Å². The van der Waals surface area contributed by atoms with Gasteiger partial charge in [0.2, 0.25) is 10.0 Å². The Morgan fingerprint density at radius 2 is 1.72 bits per heavy atom. The Hall–Kier alpha value is -5.07. The molecule has 4 rings (SSSR count). The molecule has 0 saturated carbocycles. The fourth-order valence-corrected chi connectivity index (χ4v) is 5.04. The van der Waals surface area contributed by atoms with Crippen molar-refractivity contribution in [1.82, 2.24) is 9.88 Å². The number of rotatable bonds is 9. The van der Waals surface area contributed by atoms with Gasteiger partial charge in [-0.15, -0.1) is 0 Å². The number of carbonyl (C=O) groups is 2. The highest BCUT2D eigenvalue weighted by Gasteiger charge is 2.17. The molecule has 1 unspecified atom stereocenters. The van der Waals surface area contributed by atoms with Crippen LogP contribution in [0.3, 0.4) is 0 Å². The van der Waals surface area contributed by atoms with Gasteiger partial charge in [-0.3, -0.25) is 4.98 Å². The lowest BCUT2D eigenvalue weighted by atomic mass is 10.1. The van der Waals surface area contributed by atoms with Gasteiger partial charge in [0, 0.05) is 36.1 Å². The number of amidine groups is 1. The van der Waals surface area contributed by atoms with E-state index in [9.17, 15) is 18.0 Å². The van der Waals surface area contributed by atoms with Crippen molar-refractivity contribution in [3.8, 4) is 11.1 Å². The van der Waals surface area contributed by atoms with Gasteiger partial charge >= 0.3 is 12.1 Å². The Kier molecular flexibility index (Phi) is 9.86. The SMILES string of the molecule is CCN(Cc1cccc(C(N)=NC(=O)OC(C)c2ccccn2)c1)C(=O)Nc1ccc(-c2ccccc2S(N)(=O)=O)cc1. The summed E-state index contributed by atoms with van der Waals surface area (Å²) in [6.07, 6.45) is 0.176. The van der Waals surface area contributed by atoms with E-state index in [1.165, 1.54) is 6.07 Å². The first-order valence-corrected chi connectivity index (χ1v) is 14.9. The van der Waals surface area contributed by atoms with E-state index < -0.39 is 22.2 Å². The molecule has 0 bridgehead atoms. The van der Waals surface area contributed by atoms with E-state index in [1.54, 1.807) is 96.9 Å². The second-order valence-corrected chi connectivity index (χ2v) is 11.1. The smallest absolute Gasteiger partial charge is 0.436 e. The molecule has 3 aromatic carbocycles. The highest BCUT2D eigenvalue weighted by molar-refractivity contribution is 7.89. The number of nitrogens with zero attached hydrogens (tertiary/aromatic N) is 3. The van der Waals surface area contributed by atoms with Gasteiger partial charge in [-0.05, 0) is 61.4 Å². The van der Waals surface area contributed by atoms with E-state index in [-0.39, 0.29) is 23.3 Å². The van der Waals surface area contributed by atoms with Gasteiger partial charge in [0.25, 0.3) is 0 Å². The summed E-state index contributed by atoms with van der Waals surface area (Å²) < 4.78 is 29.3. The van der Waals surface area contributed by atoms with Crippen LogP contribution in [0.4, 0.5) is 15.3 Å². The Morgan fingerprint density at radius 3 is 2.40 bits per heavy atom. The van der Waals surface area contributed by atoms with E-state index in [2.05, 4.69) is 15.3 Å². The Bertz CT molecular complexity index is 1730. The quantitative estimate of drug-likeness (QED) is 0.178. The highest BCUT2D eigenvalue weighted by Crippen LogP contribution is 2.27. The molecule has 1 aromatic heterocycles. The van der Waals surface area contributed by atoms with Gasteiger partial charge in [0.15, 0.2) is 0 Å². The van der Waals surface area contributed by atoms with Gasteiger partial charge in [-0.2, -0.15) is 4.99 Å². The number of aliphatic imine (C=N–C) groups is 1. The van der Waals surface area contributed by atoms with Gasteiger partial charge in [0.1, 0.15) is 11.9 Å². The van der Waals surface area contributed by atoms with Crippen LogP contribution in [-0.2, 0) is 21.3 Å². The number of sulfonamides is 1. The highest BCUT2D eigenvalue weighted by atomic mass is 32.2. The maximum Gasteiger partial charge on any atom is 0.436 e. The van der Waals surface area contributed by atoms with E-state index in [0.29, 0.717) is 34.6 Å². The summed E-state index contributed by atoms with van der Waals surface area (Å²) in [5.74, 6) is -0.0170. The minimum absolute atomic E-state index is 0.0170. The predicted molar refractivity (Wildman–Crippen MR) is 165 cm³/mol. The molecular formula is C31H32N6O5S. The molecule has 0 spiro atoms. The number of primary sulfonamides is 1. The summed E-state index contributed by atoms with van der Waals surface area (Å²) in [7, 11) is -3.90. The van der Waals surface area contributed by atoms with Crippen molar-refractivity contribution >= 4 is 33.7 Å². The van der Waals surface area contributed by atoms with Crippen molar-refractivity contribution in [3.05, 3.63) is 114 Å². The summed E-state index contributed by atoms with van der Waals surface area (Å²) in [5.41, 5.74) is 9.61. The number of hydrogen-bond acceptors (Lipinski definition) is 6. The summed E-state index contributed by atoms with van der Waals surface area (Å²) in [6, 6.07) is 25.3. The summed E-state index contributed by atoms with van der Waals surface area (Å²) in [6.45, 7) is 4.23. The van der Waals surface area contributed by atoms with E-state index >= 15 is 0 Å². The predicted octanol–water partition coefficient (Wildman–Crippen LogP) is 5.05. The van der Waals surface area contributed by atoms with Crippen molar-refractivity contribution < 1.29 is 22.7 Å². The van der Waals surface area contributed by atoms with E-state index in [1.807, 2.05) is 13.0 Å². The van der Waals surface area contributed by atoms with Gasteiger partial charge in [-0.1, -0.05) is 54.6 Å². The molecule has 1 atom stereocenters. The lowest BCUT2D eigenvalue weighted by Gasteiger charge is -2.22. The van der Waals surface area contributed by atoms with Crippen LogP contribution in [-0.4, -0.2) is 42.8 Å². The average Bonchev–Trinajstić information content (AvgIpc) is 3.00. The van der Waals surface area contributed by atoms with Gasteiger partial charge < -0.3 is 20.7 Å². The molecule has 11 nitrogen and oxygen atoms in total. The molecule has 0 fully saturated rings. The number of hydrogen-bond donors (Lipinski definition) is 3. The number of pyridine rings is 1. The van der Waals surface area contributed by atoms with Crippen molar-refractivity contribution in [2.45, 2.75) is 31.4 Å². The molecule has 43 heavy (non-hydrogen) atoms. The minimum atomic E-state index is -3.90. The van der Waals surface area contributed by atoms with Crippen molar-refractivity contribution in [2.75, 3.05) is 11.9 Å². The first-order valence-electron chi connectivity index (χ1n) is 13.4. The summed E-state index contributed by atoms with van der Waals surface area (Å²) in [5, 5.41) is 8.22. The van der Waals surface area contributed by atoms with Crippen LogP contribution in [0.2, 0.25) is 0 Å². The maximum atomic E-state index is 13.1. The van der Waals surface area contributed by atoms with Crippen LogP contribution in [0.15, 0.2) is 107 Å². The molecule has 5 N–H and O–H groups in total. The zero-order valence-corrected chi connectivity index (χ0v) is 24.5. The number of carbonyl (C=O) groups excluding carboxylic acids is 2. The van der Waals surface area contributed by atoms with Crippen molar-refractivity contribution in [3.63, 3.8) is 0 Å². The summed E-state index contributed by atoms with van der Waals surface area (Å²) >= 11 is 0. The fraction of sp³-hybridized carbons (Fsp3) is 0.161. The second kappa shape index (κ2) is 13.7. The lowest BCUT2D eigenvalue weighted by Crippen LogP contribution is -2.34. The molecule has 0 saturated heterocycles. The van der Waals surface area contributed by atoms with E-state index in [4.69, 9.17) is 15.6 Å². The first kappa shape index (κ1) is 30.9. The standard InChI is InChI=1S/C31H32N6O5S/c1-3-37(30(38)35-25-16-14-23(15-17-25)26-11-4-5-13-28(26)43(33,40)41)20-22-9-8-10-24(19-22)29(32)36-31(39)42-21(2)27-12-6-7-18-34-27/h4-19,21H,3,20H2,1-2H3,(H,35,38)(H2,32,36,39)(H2,33,40,41). The molecule has 3 amide bonds. The van der Waals surface area contributed by atoms with Crippen LogP contribution in [0.25, 0.3) is 11.1 Å². The Balaban J connectivity index is 1.40. The molecule has 0 aliphatic heterocycles. The van der Waals surface area contributed by atoms with Crippen LogP contribution in [0.5, 0.6) is 0 Å². The van der Waals surface area contributed by atoms with Gasteiger partial charge in [-0.25, -0.2) is 23.1 Å². The molecule has 12 heteroatoms. The summed E-state index contributed by atoms with van der Waals surface area (Å²) in [4.78, 5) is 35.1. The number of aromatic nitrogens is 1. The Morgan fingerprint density at radius 1 is 1.00 bits per heavy atom. The largest absolute Gasteiger partial charge is 0.438 e. The average molecular weight is 601 g/mol. The molecule has 0 aliphatic carbocycles. The third-order valence-electron chi connectivity index (χ3n) is 6.50. The van der Waals surface area contributed by atoms with E-state index in [0.717, 1.165) is 5.56 Å². The van der Waals surface area contributed by atoms with Gasteiger partial charge in [0.05, 0.1) is 10.6 Å². The second-order valence-electron chi connectivity index (χ2n) is 9.54. The number of anilines is 1. The number of ether oxygens (including phenoxy) is 1. The van der Waals surface area contributed by atoms with Crippen LogP contribution < -0.4 is 16.2 Å². The van der Waals surface area contributed by atoms with Crippen LogP contribution >= 0.6 is 0 Å². The molecular weight excluding hydrogens is 568 g/mol. The number of nitrogens with one attached hydrogen (secondary N) is 1. The third-order valence-corrected chi connectivity index (χ3v) is 7.47. The van der Waals surface area contributed by atoms with Crippen LogP contribution in [0, 0.1) is 0 Å². The zero-order valence-electron chi connectivity index (χ0n) is 23.7. The topological polar surface area (TPSA) is 170 Å². The first-order chi connectivity index (χ1) is 20.5.